The fourth-order valence-corrected chi connectivity index (χ4v) is 5.66. The maximum absolute atomic E-state index is 6.18. The van der Waals surface area contributed by atoms with Gasteiger partial charge in [0.25, 0.3) is 0 Å². The van der Waals surface area contributed by atoms with Crippen molar-refractivity contribution in [2.75, 3.05) is 6.54 Å². The number of rotatable bonds is 6. The lowest BCUT2D eigenvalue weighted by Gasteiger charge is -2.10. The molecule has 196 valence electrons. The lowest BCUT2D eigenvalue weighted by molar-refractivity contribution is 1.02. The lowest BCUT2D eigenvalue weighted by atomic mass is 9.97. The monoisotopic (exact) mass is 519 g/mol. The first-order valence-electron chi connectivity index (χ1n) is 13.6. The molecule has 1 aromatic heterocycles. The average Bonchev–Trinajstić information content (AvgIpc) is 3.29. The summed E-state index contributed by atoms with van der Waals surface area (Å²) in [7, 11) is 2.16. The summed E-state index contributed by atoms with van der Waals surface area (Å²) in [5, 5.41) is 7.42. The van der Waals surface area contributed by atoms with E-state index in [2.05, 4.69) is 109 Å². The number of benzene rings is 5. The topological polar surface area (TPSA) is 57.0 Å². The second-order valence-electron chi connectivity index (χ2n) is 10.3. The van der Waals surface area contributed by atoms with Crippen molar-refractivity contribution in [3.8, 4) is 11.1 Å². The molecule has 0 aliphatic heterocycles. The van der Waals surface area contributed by atoms with E-state index < -0.39 is 0 Å². The molecule has 6 rings (SSSR count). The maximum Gasteiger partial charge on any atom is 0.0568 e. The Hall–Kier alpha value is -4.86. The van der Waals surface area contributed by atoms with E-state index in [-0.39, 0.29) is 0 Å². The normalized spacial score (nSPS) is 12.9. The molecule has 5 aromatic carbocycles. The van der Waals surface area contributed by atoms with Crippen LogP contribution in [0.15, 0.2) is 133 Å². The van der Waals surface area contributed by atoms with E-state index in [1.807, 2.05) is 31.2 Å². The van der Waals surface area contributed by atoms with Crippen molar-refractivity contribution in [2.24, 2.45) is 18.5 Å². The number of fused-ring (bicyclic) bond motifs is 6. The van der Waals surface area contributed by atoms with E-state index in [9.17, 15) is 0 Å². The Kier molecular flexibility index (Phi) is 6.59. The summed E-state index contributed by atoms with van der Waals surface area (Å²) in [5.41, 5.74) is 20.7. The van der Waals surface area contributed by atoms with Crippen LogP contribution >= 0.6 is 0 Å². The minimum absolute atomic E-state index is 0.398. The van der Waals surface area contributed by atoms with Crippen molar-refractivity contribution in [3.63, 3.8) is 0 Å². The van der Waals surface area contributed by atoms with Gasteiger partial charge in [-0.3, -0.25) is 0 Å². The first kappa shape index (κ1) is 25.4. The molecule has 1 heterocycles. The molecule has 3 heteroatoms. The third kappa shape index (κ3) is 4.41. The fraction of sp³-hybridized carbons (Fsp3) is 0.0811. The van der Waals surface area contributed by atoms with Crippen LogP contribution in [0.3, 0.4) is 0 Å². The zero-order valence-electron chi connectivity index (χ0n) is 23.0. The van der Waals surface area contributed by atoms with Crippen LogP contribution in [-0.2, 0) is 7.05 Å². The van der Waals surface area contributed by atoms with Gasteiger partial charge in [0.15, 0.2) is 0 Å². The molecule has 0 amide bonds. The average molecular weight is 520 g/mol. The number of hydrogen-bond acceptors (Lipinski definition) is 2. The van der Waals surface area contributed by atoms with Crippen molar-refractivity contribution in [2.45, 2.75) is 6.92 Å². The Labute approximate surface area is 235 Å². The van der Waals surface area contributed by atoms with Crippen LogP contribution in [-0.4, -0.2) is 11.1 Å². The van der Waals surface area contributed by atoms with Gasteiger partial charge in [-0.2, -0.15) is 0 Å². The number of aromatic nitrogens is 1. The standard InChI is InChI=1S/C37H33N3/c1-4-5-10-35(39)24(2)19-31(23-38)28-13-16-32-30(21-28)15-18-34-33-17-14-29(22-36(33)40(3)37(32)34)27-12-11-25-8-6-7-9-26(25)20-27/h4-22H,2,23,38-39H2,1,3H3/b5-4-,31-19+,35-10-. The molecule has 0 fully saturated rings. The van der Waals surface area contributed by atoms with Gasteiger partial charge >= 0.3 is 0 Å². The SMILES string of the molecule is C=C(/C=C(\CN)c1ccc2c(ccc3c4ccc(-c5ccc6ccccc6c5)cc4n(C)c23)c1)/C(N)=C/C=C\C. The highest BCUT2D eigenvalue weighted by Gasteiger charge is 2.14. The molecule has 40 heavy (non-hydrogen) atoms. The van der Waals surface area contributed by atoms with Crippen molar-refractivity contribution in [1.82, 2.24) is 4.57 Å². The smallest absolute Gasteiger partial charge is 0.0568 e. The Morgan fingerprint density at radius 3 is 2.30 bits per heavy atom. The third-order valence-electron chi connectivity index (χ3n) is 7.84. The van der Waals surface area contributed by atoms with Crippen LogP contribution in [0.25, 0.3) is 60.1 Å². The molecule has 0 unspecified atom stereocenters. The molecule has 6 aromatic rings. The predicted molar refractivity (Wildman–Crippen MR) is 174 cm³/mol. The van der Waals surface area contributed by atoms with Gasteiger partial charge in [-0.1, -0.05) is 91.5 Å². The molecule has 0 atom stereocenters. The Morgan fingerprint density at radius 1 is 0.800 bits per heavy atom. The van der Waals surface area contributed by atoms with Crippen LogP contribution in [0, 0.1) is 0 Å². The van der Waals surface area contributed by atoms with Gasteiger partial charge in [-0.05, 0) is 81.3 Å². The van der Waals surface area contributed by atoms with Crippen LogP contribution in [0.1, 0.15) is 12.5 Å². The van der Waals surface area contributed by atoms with Gasteiger partial charge in [0.2, 0.25) is 0 Å². The first-order chi connectivity index (χ1) is 19.5. The van der Waals surface area contributed by atoms with E-state index in [0.29, 0.717) is 12.2 Å². The molecule has 0 bridgehead atoms. The Morgan fingerprint density at radius 2 is 1.50 bits per heavy atom. The Bertz CT molecular complexity index is 2030. The van der Waals surface area contributed by atoms with Crippen LogP contribution in [0.5, 0.6) is 0 Å². The van der Waals surface area contributed by atoms with E-state index >= 15 is 0 Å². The molecule has 0 aliphatic carbocycles. The quantitative estimate of drug-likeness (QED) is 0.216. The number of nitrogens with two attached hydrogens (primary N) is 2. The molecule has 0 aliphatic rings. The van der Waals surface area contributed by atoms with Gasteiger partial charge in [0, 0.05) is 41.0 Å². The summed E-state index contributed by atoms with van der Waals surface area (Å²) >= 11 is 0. The van der Waals surface area contributed by atoms with Gasteiger partial charge in [0.05, 0.1) is 5.52 Å². The highest BCUT2D eigenvalue weighted by atomic mass is 14.9. The van der Waals surface area contributed by atoms with Gasteiger partial charge in [-0.25, -0.2) is 0 Å². The molecular weight excluding hydrogens is 486 g/mol. The van der Waals surface area contributed by atoms with E-state index in [0.717, 1.165) is 16.7 Å². The summed E-state index contributed by atoms with van der Waals surface area (Å²) in [6.07, 6.45) is 7.69. The van der Waals surface area contributed by atoms with Crippen LogP contribution in [0.2, 0.25) is 0 Å². The molecule has 0 saturated carbocycles. The number of aryl methyl sites for hydroxylation is 1. The highest BCUT2D eigenvalue weighted by Crippen LogP contribution is 2.37. The van der Waals surface area contributed by atoms with Crippen molar-refractivity contribution in [1.29, 1.82) is 0 Å². The minimum atomic E-state index is 0.398. The second-order valence-corrected chi connectivity index (χ2v) is 10.3. The summed E-state index contributed by atoms with van der Waals surface area (Å²) in [6, 6.07) is 33.0. The first-order valence-corrected chi connectivity index (χ1v) is 13.6. The molecule has 0 saturated heterocycles. The third-order valence-corrected chi connectivity index (χ3v) is 7.84. The van der Waals surface area contributed by atoms with E-state index in [4.69, 9.17) is 11.5 Å². The summed E-state index contributed by atoms with van der Waals surface area (Å²) in [6.45, 7) is 6.50. The molecule has 0 radical (unpaired) electrons. The zero-order chi connectivity index (χ0) is 27.8. The van der Waals surface area contributed by atoms with Crippen LogP contribution in [0.4, 0.5) is 0 Å². The van der Waals surface area contributed by atoms with Gasteiger partial charge in [0.1, 0.15) is 0 Å². The second kappa shape index (κ2) is 10.4. The van der Waals surface area contributed by atoms with Gasteiger partial charge < -0.3 is 16.0 Å². The van der Waals surface area contributed by atoms with Gasteiger partial charge in [-0.15, -0.1) is 0 Å². The Balaban J connectivity index is 1.44. The molecular formula is C37H33N3. The minimum Gasteiger partial charge on any atom is -0.398 e. The van der Waals surface area contributed by atoms with Crippen LogP contribution < -0.4 is 11.5 Å². The molecule has 0 spiro atoms. The summed E-state index contributed by atoms with van der Waals surface area (Å²) < 4.78 is 2.32. The number of allylic oxidation sites excluding steroid dienone is 4. The largest absolute Gasteiger partial charge is 0.398 e. The summed E-state index contributed by atoms with van der Waals surface area (Å²) in [5.74, 6) is 0. The van der Waals surface area contributed by atoms with E-state index in [1.165, 1.54) is 54.5 Å². The number of nitrogens with zero attached hydrogens (tertiary/aromatic N) is 1. The predicted octanol–water partition coefficient (Wildman–Crippen LogP) is 8.62. The van der Waals surface area contributed by atoms with Crippen molar-refractivity contribution >= 4 is 48.9 Å². The zero-order valence-corrected chi connectivity index (χ0v) is 23.0. The fourth-order valence-electron chi connectivity index (χ4n) is 5.66. The summed E-state index contributed by atoms with van der Waals surface area (Å²) in [4.78, 5) is 0. The number of hydrogen-bond donors (Lipinski definition) is 2. The maximum atomic E-state index is 6.18. The van der Waals surface area contributed by atoms with E-state index in [1.54, 1.807) is 0 Å². The lowest BCUT2D eigenvalue weighted by Crippen LogP contribution is -2.05. The van der Waals surface area contributed by atoms with Crippen molar-refractivity contribution < 1.29 is 0 Å². The molecule has 4 N–H and O–H groups in total. The highest BCUT2D eigenvalue weighted by molar-refractivity contribution is 6.18. The molecule has 3 nitrogen and oxygen atoms in total. The van der Waals surface area contributed by atoms with Crippen molar-refractivity contribution in [3.05, 3.63) is 139 Å².